The molecular weight excluding hydrogens is 272 g/mol. The zero-order valence-electron chi connectivity index (χ0n) is 11.3. The summed E-state index contributed by atoms with van der Waals surface area (Å²) in [4.78, 5) is 4.41. The Morgan fingerprint density at radius 3 is 2.75 bits per heavy atom. The fraction of sp³-hybridized carbons (Fsp3) is 0.312. The van der Waals surface area contributed by atoms with Gasteiger partial charge in [0.05, 0.1) is 24.9 Å². The molecule has 0 radical (unpaired) electrons. The van der Waals surface area contributed by atoms with Crippen LogP contribution in [0.3, 0.4) is 0 Å². The van der Waals surface area contributed by atoms with Crippen LogP contribution in [0, 0.1) is 0 Å². The minimum Gasteiger partial charge on any atom is -0.378 e. The second kappa shape index (κ2) is 5.92. The predicted molar refractivity (Wildman–Crippen MR) is 80.8 cm³/mol. The number of hydrogen-bond donors (Lipinski definition) is 1. The maximum absolute atomic E-state index is 6.18. The molecule has 0 amide bonds. The van der Waals surface area contributed by atoms with Crippen LogP contribution in [-0.4, -0.2) is 24.2 Å². The molecule has 1 fully saturated rings. The number of hydrogen-bond acceptors (Lipinski definition) is 3. The Hall–Kier alpha value is -1.42. The highest BCUT2D eigenvalue weighted by atomic mass is 35.5. The van der Waals surface area contributed by atoms with E-state index in [0.29, 0.717) is 17.8 Å². The molecule has 1 aromatic carbocycles. The number of ether oxygens (including phenoxy) is 1. The molecule has 2 heterocycles. The molecule has 0 unspecified atom stereocenters. The summed E-state index contributed by atoms with van der Waals surface area (Å²) >= 11 is 6.18. The lowest BCUT2D eigenvalue weighted by Gasteiger charge is -2.29. The number of aromatic nitrogens is 1. The number of pyridine rings is 1. The smallest absolute Gasteiger partial charge is 0.130 e. The van der Waals surface area contributed by atoms with E-state index in [1.54, 1.807) is 0 Å². The van der Waals surface area contributed by atoms with Crippen LogP contribution in [0.4, 0.5) is 0 Å². The molecule has 1 aliphatic rings. The van der Waals surface area contributed by atoms with Gasteiger partial charge in [-0.25, -0.2) is 4.98 Å². The van der Waals surface area contributed by atoms with Gasteiger partial charge in [0.15, 0.2) is 0 Å². The van der Waals surface area contributed by atoms with Crippen molar-refractivity contribution in [2.24, 2.45) is 0 Å². The van der Waals surface area contributed by atoms with Crippen LogP contribution in [0.2, 0.25) is 5.15 Å². The fourth-order valence-electron chi connectivity index (χ4n) is 2.47. The van der Waals surface area contributed by atoms with Gasteiger partial charge in [0, 0.05) is 11.6 Å². The van der Waals surface area contributed by atoms with Gasteiger partial charge in [-0.1, -0.05) is 41.9 Å². The minimum atomic E-state index is 0.168. The largest absolute Gasteiger partial charge is 0.378 e. The van der Waals surface area contributed by atoms with Gasteiger partial charge in [-0.3, -0.25) is 0 Å². The van der Waals surface area contributed by atoms with E-state index in [9.17, 15) is 0 Å². The molecule has 0 aliphatic carbocycles. The summed E-state index contributed by atoms with van der Waals surface area (Å²) in [6, 6.07) is 14.6. The number of nitrogens with one attached hydrogen (secondary N) is 1. The highest BCUT2D eigenvalue weighted by Gasteiger charge is 2.21. The van der Waals surface area contributed by atoms with E-state index >= 15 is 0 Å². The molecule has 2 aromatic rings. The molecule has 2 atom stereocenters. The third kappa shape index (κ3) is 3.01. The van der Waals surface area contributed by atoms with Crippen molar-refractivity contribution in [1.82, 2.24) is 10.3 Å². The van der Waals surface area contributed by atoms with E-state index in [1.807, 2.05) is 36.4 Å². The molecule has 1 saturated heterocycles. The topological polar surface area (TPSA) is 34.1 Å². The molecule has 20 heavy (non-hydrogen) atoms. The molecule has 1 N–H and O–H groups in total. The summed E-state index contributed by atoms with van der Waals surface area (Å²) < 4.78 is 5.61. The number of nitrogens with zero attached hydrogens (tertiary/aromatic N) is 1. The molecule has 0 saturated carbocycles. The van der Waals surface area contributed by atoms with E-state index in [0.717, 1.165) is 23.4 Å². The van der Waals surface area contributed by atoms with Crippen molar-refractivity contribution in [1.29, 1.82) is 0 Å². The molecule has 3 nitrogen and oxygen atoms in total. The van der Waals surface area contributed by atoms with Crippen LogP contribution in [0.1, 0.15) is 18.5 Å². The van der Waals surface area contributed by atoms with E-state index in [1.165, 1.54) is 0 Å². The molecule has 4 heteroatoms. The summed E-state index contributed by atoms with van der Waals surface area (Å²) in [6.07, 6.45) is 0. The van der Waals surface area contributed by atoms with Crippen molar-refractivity contribution >= 4 is 11.6 Å². The average Bonchev–Trinajstić information content (AvgIpc) is 2.47. The third-order valence-corrected chi connectivity index (χ3v) is 3.62. The van der Waals surface area contributed by atoms with Crippen molar-refractivity contribution in [2.45, 2.75) is 19.0 Å². The van der Waals surface area contributed by atoms with E-state index in [-0.39, 0.29) is 6.04 Å². The highest BCUT2D eigenvalue weighted by molar-refractivity contribution is 6.29. The summed E-state index contributed by atoms with van der Waals surface area (Å²) in [5.41, 5.74) is 3.09. The molecular formula is C16H17ClN2O. The first-order valence-electron chi connectivity index (χ1n) is 6.79. The van der Waals surface area contributed by atoms with E-state index in [4.69, 9.17) is 16.3 Å². The molecule has 1 aliphatic heterocycles. The van der Waals surface area contributed by atoms with Gasteiger partial charge in [-0.05, 0) is 24.6 Å². The first-order chi connectivity index (χ1) is 9.72. The molecule has 1 aromatic heterocycles. The van der Waals surface area contributed by atoms with Gasteiger partial charge in [0.1, 0.15) is 5.15 Å². The molecule has 3 rings (SSSR count). The number of benzene rings is 1. The maximum atomic E-state index is 6.18. The zero-order chi connectivity index (χ0) is 13.9. The number of halogens is 1. The van der Waals surface area contributed by atoms with Gasteiger partial charge < -0.3 is 10.1 Å². The first-order valence-corrected chi connectivity index (χ1v) is 7.17. The Bertz CT molecular complexity index is 588. The lowest BCUT2D eigenvalue weighted by Crippen LogP contribution is -2.41. The van der Waals surface area contributed by atoms with Gasteiger partial charge in [-0.15, -0.1) is 0 Å². The second-order valence-corrected chi connectivity index (χ2v) is 5.52. The summed E-state index contributed by atoms with van der Waals surface area (Å²) in [7, 11) is 0. The first kappa shape index (κ1) is 13.6. The highest BCUT2D eigenvalue weighted by Crippen LogP contribution is 2.26. The maximum Gasteiger partial charge on any atom is 0.130 e. The summed E-state index contributed by atoms with van der Waals surface area (Å²) in [5, 5.41) is 4.04. The van der Waals surface area contributed by atoms with E-state index in [2.05, 4.69) is 23.3 Å². The van der Waals surface area contributed by atoms with E-state index < -0.39 is 0 Å². The zero-order valence-corrected chi connectivity index (χ0v) is 12.1. The predicted octanol–water partition coefficient (Wildman–Crippen LogP) is 3.45. The molecule has 104 valence electrons. The van der Waals surface area contributed by atoms with Crippen LogP contribution < -0.4 is 5.32 Å². The lowest BCUT2D eigenvalue weighted by atomic mass is 10.0. The lowest BCUT2D eigenvalue weighted by molar-refractivity contribution is 0.0504. The third-order valence-electron chi connectivity index (χ3n) is 3.43. The van der Waals surface area contributed by atoms with Crippen molar-refractivity contribution < 1.29 is 4.74 Å². The summed E-state index contributed by atoms with van der Waals surface area (Å²) in [6.45, 7) is 3.53. The monoisotopic (exact) mass is 288 g/mol. The minimum absolute atomic E-state index is 0.168. The number of morpholine rings is 1. The van der Waals surface area contributed by atoms with Gasteiger partial charge in [0.25, 0.3) is 0 Å². The quantitative estimate of drug-likeness (QED) is 0.860. The standard InChI is InChI=1S/C16H17ClN2O/c1-11-9-20-10-15(18-11)13-7-14(19-16(17)8-13)12-5-3-2-4-6-12/h2-8,11,15,18H,9-10H2,1H3/t11-,15+/m1/s1. The normalized spacial score (nSPS) is 22.7. The van der Waals surface area contributed by atoms with Crippen LogP contribution in [-0.2, 0) is 4.74 Å². The van der Waals surface area contributed by atoms with Crippen molar-refractivity contribution in [3.8, 4) is 11.3 Å². The Balaban J connectivity index is 1.94. The van der Waals surface area contributed by atoms with Gasteiger partial charge in [-0.2, -0.15) is 0 Å². The Morgan fingerprint density at radius 2 is 2.00 bits per heavy atom. The SMILES string of the molecule is C[C@@H]1COC[C@@H](c2cc(Cl)nc(-c3ccccc3)c2)N1. The Kier molecular flexibility index (Phi) is 4.01. The molecule has 0 spiro atoms. The van der Waals surface area contributed by atoms with Gasteiger partial charge >= 0.3 is 0 Å². The van der Waals surface area contributed by atoms with Crippen molar-refractivity contribution in [3.63, 3.8) is 0 Å². The van der Waals surface area contributed by atoms with Crippen LogP contribution >= 0.6 is 11.6 Å². The Labute approximate surface area is 123 Å². The average molecular weight is 289 g/mol. The van der Waals surface area contributed by atoms with Crippen LogP contribution in [0.5, 0.6) is 0 Å². The number of rotatable bonds is 2. The molecule has 0 bridgehead atoms. The Morgan fingerprint density at radius 1 is 1.20 bits per heavy atom. The second-order valence-electron chi connectivity index (χ2n) is 5.13. The van der Waals surface area contributed by atoms with Crippen molar-refractivity contribution in [3.05, 3.63) is 53.2 Å². The fourth-order valence-corrected chi connectivity index (χ4v) is 2.69. The summed E-state index contributed by atoms with van der Waals surface area (Å²) in [5.74, 6) is 0. The van der Waals surface area contributed by atoms with Crippen LogP contribution in [0.25, 0.3) is 11.3 Å². The van der Waals surface area contributed by atoms with Crippen LogP contribution in [0.15, 0.2) is 42.5 Å². The van der Waals surface area contributed by atoms with Gasteiger partial charge in [0.2, 0.25) is 0 Å². The van der Waals surface area contributed by atoms with Crippen molar-refractivity contribution in [2.75, 3.05) is 13.2 Å².